The Labute approximate surface area is 149 Å². The highest BCUT2D eigenvalue weighted by molar-refractivity contribution is 5.79. The lowest BCUT2D eigenvalue weighted by molar-refractivity contribution is 0.317. The fourth-order valence-electron chi connectivity index (χ4n) is 2.60. The number of ether oxygens (including phenoxy) is 1. The van der Waals surface area contributed by atoms with Crippen LogP contribution in [0.25, 0.3) is 0 Å². The Bertz CT molecular complexity index is 674. The number of aliphatic imine (C=N–C) groups is 1. The molecular weight excluding hydrogens is 316 g/mol. The monoisotopic (exact) mass is 344 g/mol. The normalized spacial score (nSPS) is 11.4. The lowest BCUT2D eigenvalue weighted by Crippen LogP contribution is -2.40. The van der Waals surface area contributed by atoms with Gasteiger partial charge < -0.3 is 19.9 Å². The number of rotatable bonds is 8. The molecule has 0 atom stereocenters. The highest BCUT2D eigenvalue weighted by Crippen LogP contribution is 2.21. The zero-order chi connectivity index (χ0) is 18.1. The summed E-state index contributed by atoms with van der Waals surface area (Å²) in [5.41, 5.74) is 2.31. The van der Waals surface area contributed by atoms with Gasteiger partial charge in [-0.15, -0.1) is 10.2 Å². The Morgan fingerprint density at radius 2 is 1.92 bits per heavy atom. The summed E-state index contributed by atoms with van der Waals surface area (Å²) >= 11 is 0. The van der Waals surface area contributed by atoms with Crippen LogP contribution in [0.4, 0.5) is 0 Å². The smallest absolute Gasteiger partial charge is 0.191 e. The fraction of sp³-hybridized carbons (Fsp3) is 0.500. The molecule has 7 nitrogen and oxygen atoms in total. The van der Waals surface area contributed by atoms with Gasteiger partial charge in [-0.1, -0.05) is 25.1 Å². The van der Waals surface area contributed by atoms with Crippen LogP contribution in [0.5, 0.6) is 5.75 Å². The standard InChI is InChI=1S/C18H28N6O/c1-5-16-23-22-13-24(16)11-9-20-18(19-4)21-10-12-25-17-14(2)7-6-8-15(17)3/h6-8,13H,5,9-12H2,1-4H3,(H2,19,20,21). The number of benzene rings is 1. The molecule has 7 heteroatoms. The van der Waals surface area contributed by atoms with E-state index in [0.717, 1.165) is 48.2 Å². The molecule has 0 aliphatic rings. The molecule has 136 valence electrons. The second-order valence-corrected chi connectivity index (χ2v) is 5.79. The van der Waals surface area contributed by atoms with Crippen LogP contribution in [0.2, 0.25) is 0 Å². The van der Waals surface area contributed by atoms with E-state index in [9.17, 15) is 0 Å². The van der Waals surface area contributed by atoms with Gasteiger partial charge in [0.25, 0.3) is 0 Å². The van der Waals surface area contributed by atoms with Crippen LogP contribution in [0.1, 0.15) is 23.9 Å². The maximum Gasteiger partial charge on any atom is 0.191 e. The van der Waals surface area contributed by atoms with E-state index in [1.165, 1.54) is 0 Å². The Kier molecular flexibility index (Phi) is 7.25. The predicted molar refractivity (Wildman–Crippen MR) is 100 cm³/mol. The summed E-state index contributed by atoms with van der Waals surface area (Å²) < 4.78 is 7.94. The van der Waals surface area contributed by atoms with Crippen molar-refractivity contribution in [3.8, 4) is 5.75 Å². The molecule has 0 spiro atoms. The molecule has 0 fully saturated rings. The van der Waals surface area contributed by atoms with Crippen LogP contribution in [-0.2, 0) is 13.0 Å². The summed E-state index contributed by atoms with van der Waals surface area (Å²) in [6.45, 7) is 9.01. The van der Waals surface area contributed by atoms with Crippen molar-refractivity contribution < 1.29 is 4.74 Å². The number of hydrogen-bond acceptors (Lipinski definition) is 4. The number of para-hydroxylation sites is 1. The first kappa shape index (κ1) is 18.8. The van der Waals surface area contributed by atoms with Gasteiger partial charge in [-0.05, 0) is 25.0 Å². The second-order valence-electron chi connectivity index (χ2n) is 5.79. The van der Waals surface area contributed by atoms with Crippen molar-refractivity contribution in [3.63, 3.8) is 0 Å². The first-order valence-electron chi connectivity index (χ1n) is 8.66. The van der Waals surface area contributed by atoms with E-state index >= 15 is 0 Å². The summed E-state index contributed by atoms with van der Waals surface area (Å²) in [4.78, 5) is 4.23. The van der Waals surface area contributed by atoms with Gasteiger partial charge in [-0.25, -0.2) is 0 Å². The first-order chi connectivity index (χ1) is 12.2. The molecule has 2 rings (SSSR count). The zero-order valence-electron chi connectivity index (χ0n) is 15.5. The molecule has 0 amide bonds. The third-order valence-corrected chi connectivity index (χ3v) is 3.93. The summed E-state index contributed by atoms with van der Waals surface area (Å²) in [6, 6.07) is 6.17. The van der Waals surface area contributed by atoms with Gasteiger partial charge in [0.2, 0.25) is 0 Å². The largest absolute Gasteiger partial charge is 0.491 e. The fourth-order valence-corrected chi connectivity index (χ4v) is 2.60. The van der Waals surface area contributed by atoms with Gasteiger partial charge in [0.15, 0.2) is 5.96 Å². The lowest BCUT2D eigenvalue weighted by Gasteiger charge is -2.15. The van der Waals surface area contributed by atoms with Crippen LogP contribution in [0.15, 0.2) is 29.5 Å². The van der Waals surface area contributed by atoms with Gasteiger partial charge in [-0.3, -0.25) is 4.99 Å². The summed E-state index contributed by atoms with van der Waals surface area (Å²) in [5.74, 6) is 2.72. The molecule has 0 aliphatic heterocycles. The molecule has 1 aromatic carbocycles. The summed E-state index contributed by atoms with van der Waals surface area (Å²) in [6.07, 6.45) is 2.64. The first-order valence-corrected chi connectivity index (χ1v) is 8.66. The lowest BCUT2D eigenvalue weighted by atomic mass is 10.1. The number of hydrogen-bond donors (Lipinski definition) is 2. The van der Waals surface area contributed by atoms with Crippen LogP contribution >= 0.6 is 0 Å². The maximum absolute atomic E-state index is 5.89. The Morgan fingerprint density at radius 3 is 2.60 bits per heavy atom. The number of guanidine groups is 1. The van der Waals surface area contributed by atoms with Gasteiger partial charge in [-0.2, -0.15) is 0 Å². The van der Waals surface area contributed by atoms with E-state index < -0.39 is 0 Å². The van der Waals surface area contributed by atoms with Crippen molar-refractivity contribution in [2.75, 3.05) is 26.7 Å². The van der Waals surface area contributed by atoms with Gasteiger partial charge in [0.05, 0.1) is 6.54 Å². The van der Waals surface area contributed by atoms with E-state index in [0.29, 0.717) is 13.2 Å². The molecule has 1 heterocycles. The van der Waals surface area contributed by atoms with E-state index in [1.54, 1.807) is 13.4 Å². The van der Waals surface area contributed by atoms with E-state index in [4.69, 9.17) is 4.74 Å². The molecule has 1 aromatic heterocycles. The number of nitrogens with zero attached hydrogens (tertiary/aromatic N) is 4. The minimum atomic E-state index is 0.581. The van der Waals surface area contributed by atoms with Crippen molar-refractivity contribution in [2.24, 2.45) is 4.99 Å². The Morgan fingerprint density at radius 1 is 1.20 bits per heavy atom. The molecule has 25 heavy (non-hydrogen) atoms. The third kappa shape index (κ3) is 5.48. The number of nitrogens with one attached hydrogen (secondary N) is 2. The highest BCUT2D eigenvalue weighted by atomic mass is 16.5. The van der Waals surface area contributed by atoms with Gasteiger partial charge in [0.1, 0.15) is 24.5 Å². The van der Waals surface area contributed by atoms with Crippen molar-refractivity contribution in [2.45, 2.75) is 33.7 Å². The van der Waals surface area contributed by atoms with Crippen LogP contribution < -0.4 is 15.4 Å². The van der Waals surface area contributed by atoms with E-state index in [2.05, 4.69) is 58.7 Å². The van der Waals surface area contributed by atoms with Crippen molar-refractivity contribution >= 4 is 5.96 Å². The summed E-state index contributed by atoms with van der Waals surface area (Å²) in [7, 11) is 1.76. The molecule has 0 unspecified atom stereocenters. The maximum atomic E-state index is 5.89. The van der Waals surface area contributed by atoms with Crippen LogP contribution in [-0.4, -0.2) is 47.5 Å². The molecule has 0 radical (unpaired) electrons. The molecular formula is C18H28N6O. The predicted octanol–water partition coefficient (Wildman–Crippen LogP) is 1.70. The van der Waals surface area contributed by atoms with Crippen molar-refractivity contribution in [3.05, 3.63) is 41.5 Å². The molecule has 0 saturated carbocycles. The van der Waals surface area contributed by atoms with Gasteiger partial charge >= 0.3 is 0 Å². The minimum Gasteiger partial charge on any atom is -0.491 e. The quantitative estimate of drug-likeness (QED) is 0.433. The third-order valence-electron chi connectivity index (χ3n) is 3.93. The van der Waals surface area contributed by atoms with E-state index in [-0.39, 0.29) is 0 Å². The number of aromatic nitrogens is 3. The average Bonchev–Trinajstić information content (AvgIpc) is 3.06. The minimum absolute atomic E-state index is 0.581. The summed E-state index contributed by atoms with van der Waals surface area (Å²) in [5, 5.41) is 14.6. The molecule has 2 aromatic rings. The van der Waals surface area contributed by atoms with Crippen molar-refractivity contribution in [1.29, 1.82) is 0 Å². The zero-order valence-corrected chi connectivity index (χ0v) is 15.5. The van der Waals surface area contributed by atoms with Crippen LogP contribution in [0, 0.1) is 13.8 Å². The molecule has 0 bridgehead atoms. The van der Waals surface area contributed by atoms with Gasteiger partial charge in [0, 0.05) is 26.6 Å². The molecule has 0 aliphatic carbocycles. The molecule has 0 saturated heterocycles. The average molecular weight is 344 g/mol. The van der Waals surface area contributed by atoms with Crippen LogP contribution in [0.3, 0.4) is 0 Å². The second kappa shape index (κ2) is 9.66. The SMILES string of the molecule is CCc1nncn1CCNC(=NC)NCCOc1c(C)cccc1C. The molecule has 2 N–H and O–H groups in total. The Hall–Kier alpha value is -2.57. The topological polar surface area (TPSA) is 76.4 Å². The van der Waals surface area contributed by atoms with E-state index in [1.807, 2.05) is 10.6 Å². The Balaban J connectivity index is 1.70. The number of aryl methyl sites for hydroxylation is 3. The highest BCUT2D eigenvalue weighted by Gasteiger charge is 2.04. The van der Waals surface area contributed by atoms with Crippen molar-refractivity contribution in [1.82, 2.24) is 25.4 Å².